The molecule has 1 atom stereocenters. The Kier molecular flexibility index (Phi) is 2.82. The maximum Gasteiger partial charge on any atom is 0.203 e. The molecule has 0 fully saturated rings. The smallest absolute Gasteiger partial charge is 0.203 e. The summed E-state index contributed by atoms with van der Waals surface area (Å²) in [5.74, 6) is 0.983. The number of nitrogens with zero attached hydrogens (tertiary/aromatic N) is 2. The third kappa shape index (κ3) is 2.13. The highest BCUT2D eigenvalue weighted by Crippen LogP contribution is 2.23. The van der Waals surface area contributed by atoms with Gasteiger partial charge in [0.15, 0.2) is 0 Å². The molecule has 0 radical (unpaired) electrons. The second kappa shape index (κ2) is 4.48. The van der Waals surface area contributed by atoms with Crippen LogP contribution in [-0.4, -0.2) is 15.6 Å². The second-order valence-corrected chi connectivity index (χ2v) is 5.17. The molecular weight excluding hydrogens is 222 g/mol. The van der Waals surface area contributed by atoms with Crippen LogP contribution in [0.4, 0.5) is 5.95 Å². The van der Waals surface area contributed by atoms with Gasteiger partial charge >= 0.3 is 0 Å². The zero-order chi connectivity index (χ0) is 12.5. The monoisotopic (exact) mass is 241 g/mol. The van der Waals surface area contributed by atoms with Gasteiger partial charge in [0.25, 0.3) is 0 Å². The Morgan fingerprint density at radius 2 is 2.06 bits per heavy atom. The van der Waals surface area contributed by atoms with Gasteiger partial charge in [0.1, 0.15) is 0 Å². The summed E-state index contributed by atoms with van der Waals surface area (Å²) >= 11 is 0. The fourth-order valence-corrected chi connectivity index (χ4v) is 2.75. The second-order valence-electron chi connectivity index (χ2n) is 5.17. The Morgan fingerprint density at radius 3 is 2.78 bits per heavy atom. The summed E-state index contributed by atoms with van der Waals surface area (Å²) in [6.07, 6.45) is 5.50. The molecule has 1 aromatic heterocycles. The van der Waals surface area contributed by atoms with Gasteiger partial charge < -0.3 is 9.88 Å². The molecule has 1 aromatic carbocycles. The summed E-state index contributed by atoms with van der Waals surface area (Å²) in [4.78, 5) is 4.51. The van der Waals surface area contributed by atoms with Crippen LogP contribution < -0.4 is 5.32 Å². The van der Waals surface area contributed by atoms with Gasteiger partial charge in [-0.2, -0.15) is 0 Å². The van der Waals surface area contributed by atoms with Crippen LogP contribution in [0.15, 0.2) is 30.5 Å². The first-order valence-electron chi connectivity index (χ1n) is 6.55. The van der Waals surface area contributed by atoms with E-state index < -0.39 is 0 Å². The predicted octanol–water partition coefficient (Wildman–Crippen LogP) is 2.70. The number of hydrogen-bond acceptors (Lipinski definition) is 2. The number of hydrogen-bond donors (Lipinski definition) is 1. The van der Waals surface area contributed by atoms with Gasteiger partial charge in [-0.3, -0.25) is 0 Å². The van der Waals surface area contributed by atoms with E-state index in [2.05, 4.69) is 45.3 Å². The molecule has 0 bridgehead atoms. The summed E-state index contributed by atoms with van der Waals surface area (Å²) in [7, 11) is 2.04. The number of imidazole rings is 1. The molecule has 0 aliphatic heterocycles. The lowest BCUT2D eigenvalue weighted by Crippen LogP contribution is -2.28. The molecule has 0 saturated carbocycles. The quantitative estimate of drug-likeness (QED) is 0.876. The molecule has 3 nitrogen and oxygen atoms in total. The van der Waals surface area contributed by atoms with Crippen LogP contribution in [0.1, 0.15) is 23.2 Å². The molecule has 94 valence electrons. The first-order chi connectivity index (χ1) is 8.72. The molecule has 1 N–H and O–H groups in total. The van der Waals surface area contributed by atoms with Crippen molar-refractivity contribution in [3.05, 3.63) is 47.3 Å². The normalized spacial score (nSPS) is 18.4. The lowest BCUT2D eigenvalue weighted by molar-refractivity contribution is 0.603. The predicted molar refractivity (Wildman–Crippen MR) is 73.8 cm³/mol. The Hall–Kier alpha value is -1.77. The highest BCUT2D eigenvalue weighted by atomic mass is 15.2. The van der Waals surface area contributed by atoms with Crippen molar-refractivity contribution in [3.8, 4) is 0 Å². The van der Waals surface area contributed by atoms with E-state index in [9.17, 15) is 0 Å². The van der Waals surface area contributed by atoms with Crippen molar-refractivity contribution in [2.24, 2.45) is 7.05 Å². The van der Waals surface area contributed by atoms with Gasteiger partial charge in [-0.25, -0.2) is 4.98 Å². The number of benzene rings is 1. The fourth-order valence-electron chi connectivity index (χ4n) is 2.75. The maximum absolute atomic E-state index is 4.51. The highest BCUT2D eigenvalue weighted by molar-refractivity contribution is 5.35. The standard InChI is InChI=1S/C15H19N3/c1-11-10-18(2)15(16-11)17-14-8-7-12-5-3-4-6-13(12)9-14/h3-6,10,14H,7-9H2,1-2H3,(H,16,17). The Balaban J connectivity index is 1.75. The van der Waals surface area contributed by atoms with Crippen LogP contribution in [-0.2, 0) is 19.9 Å². The number of nitrogens with one attached hydrogen (secondary N) is 1. The number of aryl methyl sites for hydroxylation is 3. The Morgan fingerprint density at radius 1 is 1.28 bits per heavy atom. The molecule has 0 saturated heterocycles. The average molecular weight is 241 g/mol. The molecular formula is C15H19N3. The SMILES string of the molecule is Cc1cn(C)c(NC2CCc3ccccc3C2)n1. The van der Waals surface area contributed by atoms with Gasteiger partial charge in [0, 0.05) is 19.3 Å². The summed E-state index contributed by atoms with van der Waals surface area (Å²) in [6, 6.07) is 9.25. The van der Waals surface area contributed by atoms with Gasteiger partial charge in [0.2, 0.25) is 5.95 Å². The average Bonchev–Trinajstić information content (AvgIpc) is 2.68. The zero-order valence-corrected chi connectivity index (χ0v) is 11.0. The Bertz CT molecular complexity index is 557. The first kappa shape index (κ1) is 11.3. The van der Waals surface area contributed by atoms with Gasteiger partial charge in [0.05, 0.1) is 5.69 Å². The summed E-state index contributed by atoms with van der Waals surface area (Å²) in [5, 5.41) is 3.56. The molecule has 0 spiro atoms. The highest BCUT2D eigenvalue weighted by Gasteiger charge is 2.19. The molecule has 3 heteroatoms. The third-order valence-corrected chi connectivity index (χ3v) is 3.68. The van der Waals surface area contributed by atoms with Crippen molar-refractivity contribution < 1.29 is 0 Å². The molecule has 2 aromatic rings. The van der Waals surface area contributed by atoms with E-state index >= 15 is 0 Å². The minimum atomic E-state index is 0.500. The lowest BCUT2D eigenvalue weighted by Gasteiger charge is -2.25. The molecule has 1 aliphatic rings. The van der Waals surface area contributed by atoms with Crippen LogP contribution in [0.2, 0.25) is 0 Å². The Labute approximate surface area is 108 Å². The number of rotatable bonds is 2. The number of anilines is 1. The molecule has 1 heterocycles. The van der Waals surface area contributed by atoms with Crippen molar-refractivity contribution in [2.75, 3.05) is 5.32 Å². The van der Waals surface area contributed by atoms with E-state index in [1.165, 1.54) is 17.5 Å². The zero-order valence-electron chi connectivity index (χ0n) is 11.0. The van der Waals surface area contributed by atoms with Crippen LogP contribution in [0.5, 0.6) is 0 Å². The number of aromatic nitrogens is 2. The van der Waals surface area contributed by atoms with Gasteiger partial charge in [-0.05, 0) is 37.3 Å². The largest absolute Gasteiger partial charge is 0.353 e. The van der Waals surface area contributed by atoms with Crippen molar-refractivity contribution in [3.63, 3.8) is 0 Å². The fraction of sp³-hybridized carbons (Fsp3) is 0.400. The maximum atomic E-state index is 4.51. The minimum absolute atomic E-state index is 0.500. The summed E-state index contributed by atoms with van der Waals surface area (Å²) in [6.45, 7) is 2.03. The topological polar surface area (TPSA) is 29.9 Å². The van der Waals surface area contributed by atoms with Crippen molar-refractivity contribution in [2.45, 2.75) is 32.2 Å². The van der Waals surface area contributed by atoms with E-state index in [4.69, 9.17) is 0 Å². The first-order valence-corrected chi connectivity index (χ1v) is 6.55. The van der Waals surface area contributed by atoms with E-state index in [0.717, 1.165) is 24.5 Å². The molecule has 3 rings (SSSR count). The summed E-state index contributed by atoms with van der Waals surface area (Å²) < 4.78 is 2.07. The number of fused-ring (bicyclic) bond motifs is 1. The van der Waals surface area contributed by atoms with Crippen molar-refractivity contribution in [1.82, 2.24) is 9.55 Å². The minimum Gasteiger partial charge on any atom is -0.353 e. The van der Waals surface area contributed by atoms with E-state index in [1.807, 2.05) is 14.0 Å². The van der Waals surface area contributed by atoms with Gasteiger partial charge in [-0.15, -0.1) is 0 Å². The van der Waals surface area contributed by atoms with Crippen LogP contribution in [0.3, 0.4) is 0 Å². The van der Waals surface area contributed by atoms with Gasteiger partial charge in [-0.1, -0.05) is 24.3 Å². The van der Waals surface area contributed by atoms with Crippen molar-refractivity contribution >= 4 is 5.95 Å². The van der Waals surface area contributed by atoms with E-state index in [-0.39, 0.29) is 0 Å². The molecule has 18 heavy (non-hydrogen) atoms. The van der Waals surface area contributed by atoms with Crippen LogP contribution in [0.25, 0.3) is 0 Å². The molecule has 1 aliphatic carbocycles. The van der Waals surface area contributed by atoms with Crippen LogP contribution in [0, 0.1) is 6.92 Å². The summed E-state index contributed by atoms with van der Waals surface area (Å²) in [5.41, 5.74) is 4.05. The van der Waals surface area contributed by atoms with Crippen molar-refractivity contribution in [1.29, 1.82) is 0 Å². The molecule has 0 amide bonds. The van der Waals surface area contributed by atoms with E-state index in [0.29, 0.717) is 6.04 Å². The molecule has 1 unspecified atom stereocenters. The third-order valence-electron chi connectivity index (χ3n) is 3.68. The van der Waals surface area contributed by atoms with E-state index in [1.54, 1.807) is 0 Å². The van der Waals surface area contributed by atoms with Crippen LogP contribution >= 0.6 is 0 Å². The lowest BCUT2D eigenvalue weighted by atomic mass is 9.88.